The fourth-order valence-electron chi connectivity index (χ4n) is 2.65. The molecule has 1 heterocycles. The molecule has 1 saturated heterocycles. The Morgan fingerprint density at radius 1 is 1.37 bits per heavy atom. The van der Waals surface area contributed by atoms with Gasteiger partial charge in [0.15, 0.2) is 0 Å². The molecule has 0 saturated carbocycles. The van der Waals surface area contributed by atoms with Gasteiger partial charge in [0.2, 0.25) is 0 Å². The van der Waals surface area contributed by atoms with Crippen LogP contribution in [-0.4, -0.2) is 30.1 Å². The van der Waals surface area contributed by atoms with Gasteiger partial charge in [-0.25, -0.2) is 0 Å². The van der Waals surface area contributed by atoms with Gasteiger partial charge in [0.05, 0.1) is 10.0 Å². The highest BCUT2D eigenvalue weighted by molar-refractivity contribution is 6.42. The molecule has 2 atom stereocenters. The molecule has 0 aromatic heterocycles. The van der Waals surface area contributed by atoms with Gasteiger partial charge in [-0.15, -0.1) is 0 Å². The molecule has 0 amide bonds. The molecular weight excluding hydrogens is 279 g/mol. The minimum Gasteiger partial charge on any atom is -0.311 e. The number of hydrogen-bond acceptors (Lipinski definition) is 2. The first kappa shape index (κ1) is 15.1. The van der Waals surface area contributed by atoms with Crippen LogP contribution in [0.4, 0.5) is 0 Å². The predicted molar refractivity (Wildman–Crippen MR) is 83.0 cm³/mol. The summed E-state index contributed by atoms with van der Waals surface area (Å²) in [7, 11) is 0. The van der Waals surface area contributed by atoms with Crippen molar-refractivity contribution in [2.45, 2.75) is 45.3 Å². The lowest BCUT2D eigenvalue weighted by molar-refractivity contribution is 0.129. The first-order chi connectivity index (χ1) is 9.11. The van der Waals surface area contributed by atoms with Crippen LogP contribution in [0, 0.1) is 0 Å². The molecule has 2 nitrogen and oxygen atoms in total. The Bertz CT molecular complexity index is 423. The summed E-state index contributed by atoms with van der Waals surface area (Å²) >= 11 is 12.4. The summed E-state index contributed by atoms with van der Waals surface area (Å²) in [6.07, 6.45) is 2.45. The quantitative estimate of drug-likeness (QED) is 0.905. The molecule has 1 aliphatic rings. The lowest BCUT2D eigenvalue weighted by Crippen LogP contribution is -2.54. The molecule has 2 unspecified atom stereocenters. The lowest BCUT2D eigenvalue weighted by Gasteiger charge is -2.39. The van der Waals surface area contributed by atoms with Crippen LogP contribution in [0.25, 0.3) is 0 Å². The molecule has 0 aliphatic carbocycles. The second-order valence-corrected chi connectivity index (χ2v) is 6.17. The van der Waals surface area contributed by atoms with Gasteiger partial charge < -0.3 is 5.32 Å². The van der Waals surface area contributed by atoms with Gasteiger partial charge in [-0.3, -0.25) is 4.90 Å². The maximum atomic E-state index is 6.28. The van der Waals surface area contributed by atoms with Gasteiger partial charge in [-0.2, -0.15) is 0 Å². The fourth-order valence-corrected chi connectivity index (χ4v) is 3.03. The average Bonchev–Trinajstić information content (AvgIpc) is 2.39. The van der Waals surface area contributed by atoms with Crippen LogP contribution in [-0.2, 0) is 6.54 Å². The lowest BCUT2D eigenvalue weighted by atomic mass is 10.0. The second-order valence-electron chi connectivity index (χ2n) is 5.39. The van der Waals surface area contributed by atoms with Gasteiger partial charge in [-0.05, 0) is 25.0 Å². The topological polar surface area (TPSA) is 15.3 Å². The summed E-state index contributed by atoms with van der Waals surface area (Å²) in [4.78, 5) is 2.49. The Labute approximate surface area is 126 Å². The SMILES string of the molecule is CCCC1CN(Cc2cccc(Cl)c2Cl)C(C)CN1. The standard InChI is InChI=1S/C15H22Cl2N2/c1-3-5-13-10-19(11(2)8-18-13)9-12-6-4-7-14(16)15(12)17/h4,6-7,11,13,18H,3,5,8-10H2,1-2H3. The van der Waals surface area contributed by atoms with Crippen molar-refractivity contribution in [2.24, 2.45) is 0 Å². The minimum absolute atomic E-state index is 0.531. The number of rotatable bonds is 4. The van der Waals surface area contributed by atoms with Crippen LogP contribution in [0.15, 0.2) is 18.2 Å². The zero-order valence-corrected chi connectivity index (χ0v) is 13.1. The first-order valence-corrected chi connectivity index (χ1v) is 7.77. The van der Waals surface area contributed by atoms with E-state index in [2.05, 4.69) is 30.1 Å². The van der Waals surface area contributed by atoms with Gasteiger partial charge in [0.1, 0.15) is 0 Å². The van der Waals surface area contributed by atoms with Crippen molar-refractivity contribution >= 4 is 23.2 Å². The molecule has 1 N–H and O–H groups in total. The largest absolute Gasteiger partial charge is 0.311 e. The molecule has 1 aliphatic heterocycles. The maximum Gasteiger partial charge on any atom is 0.0637 e. The molecule has 106 valence electrons. The Kier molecular flexibility index (Phi) is 5.52. The highest BCUT2D eigenvalue weighted by atomic mass is 35.5. The third-order valence-electron chi connectivity index (χ3n) is 3.82. The summed E-state index contributed by atoms with van der Waals surface area (Å²) < 4.78 is 0. The zero-order valence-electron chi connectivity index (χ0n) is 11.6. The van der Waals surface area contributed by atoms with Crippen LogP contribution in [0.5, 0.6) is 0 Å². The second kappa shape index (κ2) is 6.94. The van der Waals surface area contributed by atoms with E-state index in [9.17, 15) is 0 Å². The number of benzene rings is 1. The van der Waals surface area contributed by atoms with E-state index in [1.54, 1.807) is 0 Å². The van der Waals surface area contributed by atoms with Crippen molar-refractivity contribution in [3.8, 4) is 0 Å². The third kappa shape index (κ3) is 3.85. The smallest absolute Gasteiger partial charge is 0.0637 e. The molecule has 0 radical (unpaired) electrons. The van der Waals surface area contributed by atoms with E-state index < -0.39 is 0 Å². The number of halogens is 2. The van der Waals surface area contributed by atoms with Crippen molar-refractivity contribution in [3.63, 3.8) is 0 Å². The van der Waals surface area contributed by atoms with Crippen molar-refractivity contribution < 1.29 is 0 Å². The summed E-state index contributed by atoms with van der Waals surface area (Å²) in [5.41, 5.74) is 1.12. The maximum absolute atomic E-state index is 6.28. The molecule has 1 aromatic rings. The van der Waals surface area contributed by atoms with E-state index in [0.717, 1.165) is 25.2 Å². The van der Waals surface area contributed by atoms with E-state index in [1.165, 1.54) is 12.8 Å². The summed E-state index contributed by atoms with van der Waals surface area (Å²) in [5, 5.41) is 4.95. The molecule has 19 heavy (non-hydrogen) atoms. The molecule has 0 bridgehead atoms. The Hall–Kier alpha value is -0.280. The van der Waals surface area contributed by atoms with Gasteiger partial charge in [0, 0.05) is 31.7 Å². The van der Waals surface area contributed by atoms with Crippen molar-refractivity contribution in [3.05, 3.63) is 33.8 Å². The molecule has 4 heteroatoms. The fraction of sp³-hybridized carbons (Fsp3) is 0.600. The first-order valence-electron chi connectivity index (χ1n) is 7.02. The van der Waals surface area contributed by atoms with Crippen molar-refractivity contribution in [2.75, 3.05) is 13.1 Å². The number of hydrogen-bond donors (Lipinski definition) is 1. The molecule has 1 aromatic carbocycles. The van der Waals surface area contributed by atoms with Crippen molar-refractivity contribution in [1.82, 2.24) is 10.2 Å². The van der Waals surface area contributed by atoms with E-state index in [1.807, 2.05) is 12.1 Å². The highest BCUT2D eigenvalue weighted by Gasteiger charge is 2.24. The van der Waals surface area contributed by atoms with Crippen LogP contribution < -0.4 is 5.32 Å². The predicted octanol–water partition coefficient (Wildman–Crippen LogP) is 3.96. The average molecular weight is 301 g/mol. The normalized spacial score (nSPS) is 24.6. The summed E-state index contributed by atoms with van der Waals surface area (Å²) in [6.45, 7) is 7.49. The van der Waals surface area contributed by atoms with Gasteiger partial charge >= 0.3 is 0 Å². The molecule has 2 rings (SSSR count). The Balaban J connectivity index is 2.05. The minimum atomic E-state index is 0.531. The highest BCUT2D eigenvalue weighted by Crippen LogP contribution is 2.27. The van der Waals surface area contributed by atoms with Gasteiger partial charge in [0.25, 0.3) is 0 Å². The summed E-state index contributed by atoms with van der Waals surface area (Å²) in [5.74, 6) is 0. The Morgan fingerprint density at radius 2 is 2.16 bits per heavy atom. The van der Waals surface area contributed by atoms with Crippen LogP contribution in [0.3, 0.4) is 0 Å². The molecule has 0 spiro atoms. The van der Waals surface area contributed by atoms with Crippen LogP contribution >= 0.6 is 23.2 Å². The molecular formula is C15H22Cl2N2. The van der Waals surface area contributed by atoms with E-state index in [0.29, 0.717) is 22.1 Å². The monoisotopic (exact) mass is 300 g/mol. The van der Waals surface area contributed by atoms with Crippen molar-refractivity contribution in [1.29, 1.82) is 0 Å². The number of piperazine rings is 1. The van der Waals surface area contributed by atoms with Crippen LogP contribution in [0.2, 0.25) is 10.0 Å². The third-order valence-corrected chi connectivity index (χ3v) is 4.68. The Morgan fingerprint density at radius 3 is 2.89 bits per heavy atom. The van der Waals surface area contributed by atoms with E-state index in [4.69, 9.17) is 23.2 Å². The van der Waals surface area contributed by atoms with E-state index >= 15 is 0 Å². The zero-order chi connectivity index (χ0) is 13.8. The van der Waals surface area contributed by atoms with E-state index in [-0.39, 0.29) is 0 Å². The molecule has 1 fully saturated rings. The number of nitrogens with one attached hydrogen (secondary N) is 1. The summed E-state index contributed by atoms with van der Waals surface area (Å²) in [6, 6.07) is 7.01. The van der Waals surface area contributed by atoms with Crippen LogP contribution in [0.1, 0.15) is 32.3 Å². The number of nitrogens with zero attached hydrogens (tertiary/aromatic N) is 1. The van der Waals surface area contributed by atoms with Gasteiger partial charge in [-0.1, -0.05) is 48.7 Å².